The fraction of sp³-hybridized carbons (Fsp3) is 0. The van der Waals surface area contributed by atoms with Gasteiger partial charge in [0.05, 0.1) is 38.7 Å². The molecule has 0 radical (unpaired) electrons. The summed E-state index contributed by atoms with van der Waals surface area (Å²) in [5.41, 5.74) is 14.0. The SMILES string of the molecule is c1ccc(-n2c3ccccc3c3c(-c4nc(-c5cc6cc(-n7c8ccccc8c8cc9ccccc9cc87)ccc6c6c5oc5ccccc56)nc(-c5cccc6c5c5ccccc5n6-c5ccccc5)n4)cccc32)cc1. The van der Waals surface area contributed by atoms with Crippen LogP contribution in [-0.2, 0) is 0 Å². The number of furan rings is 1. The predicted molar refractivity (Wildman–Crippen MR) is 321 cm³/mol. The van der Waals surface area contributed by atoms with E-state index in [0.717, 1.165) is 121 Å². The first-order valence-corrected chi connectivity index (χ1v) is 26.4. The molecule has 17 aromatic rings. The van der Waals surface area contributed by atoms with Crippen molar-refractivity contribution in [1.29, 1.82) is 0 Å². The van der Waals surface area contributed by atoms with Crippen LogP contribution in [0.5, 0.6) is 0 Å². The lowest BCUT2D eigenvalue weighted by Crippen LogP contribution is -2.01. The van der Waals surface area contributed by atoms with Gasteiger partial charge in [0.25, 0.3) is 0 Å². The average molecular weight is 995 g/mol. The topological polar surface area (TPSA) is 66.6 Å². The van der Waals surface area contributed by atoms with Crippen molar-refractivity contribution in [1.82, 2.24) is 28.7 Å². The summed E-state index contributed by atoms with van der Waals surface area (Å²) < 4.78 is 14.1. The number of nitrogens with zero attached hydrogens (tertiary/aromatic N) is 6. The summed E-state index contributed by atoms with van der Waals surface area (Å²) >= 11 is 0. The van der Waals surface area contributed by atoms with E-state index in [2.05, 4.69) is 262 Å². The molecule has 0 fully saturated rings. The Balaban J connectivity index is 0.977. The molecule has 0 aliphatic rings. The summed E-state index contributed by atoms with van der Waals surface area (Å²) in [4.78, 5) is 16.9. The van der Waals surface area contributed by atoms with E-state index in [1.807, 2.05) is 6.07 Å². The molecule has 362 valence electrons. The molecule has 7 heteroatoms. The summed E-state index contributed by atoms with van der Waals surface area (Å²) in [6, 6.07) is 90.8. The fourth-order valence-electron chi connectivity index (χ4n) is 12.7. The maximum atomic E-state index is 7.04. The molecule has 0 aliphatic carbocycles. The summed E-state index contributed by atoms with van der Waals surface area (Å²) in [5.74, 6) is 1.65. The zero-order valence-corrected chi connectivity index (χ0v) is 41.8. The Kier molecular flexibility index (Phi) is 9.00. The molecule has 0 spiro atoms. The molecule has 17 rings (SSSR count). The largest absolute Gasteiger partial charge is 0.455 e. The van der Waals surface area contributed by atoms with Gasteiger partial charge in [0.15, 0.2) is 17.5 Å². The average Bonchev–Trinajstić information content (AvgIpc) is 4.45. The molecule has 0 atom stereocenters. The minimum atomic E-state index is 0.516. The van der Waals surface area contributed by atoms with Crippen molar-refractivity contribution in [2.75, 3.05) is 0 Å². The van der Waals surface area contributed by atoms with Gasteiger partial charge in [-0.25, -0.2) is 15.0 Å². The third-order valence-electron chi connectivity index (χ3n) is 16.0. The number of fused-ring (bicyclic) bond motifs is 15. The fourth-order valence-corrected chi connectivity index (χ4v) is 12.7. The number of hydrogen-bond donors (Lipinski definition) is 0. The zero-order chi connectivity index (χ0) is 51.0. The highest BCUT2D eigenvalue weighted by molar-refractivity contribution is 6.23. The molecule has 0 aliphatic heterocycles. The van der Waals surface area contributed by atoms with Crippen LogP contribution >= 0.6 is 0 Å². The van der Waals surface area contributed by atoms with Crippen molar-refractivity contribution in [2.24, 2.45) is 0 Å². The molecule has 0 saturated carbocycles. The highest BCUT2D eigenvalue weighted by atomic mass is 16.3. The van der Waals surface area contributed by atoms with Crippen molar-refractivity contribution in [2.45, 2.75) is 0 Å². The van der Waals surface area contributed by atoms with Gasteiger partial charge in [0.2, 0.25) is 0 Å². The van der Waals surface area contributed by atoms with Gasteiger partial charge in [-0.15, -0.1) is 0 Å². The lowest BCUT2D eigenvalue weighted by atomic mass is 9.99. The van der Waals surface area contributed by atoms with Crippen LogP contribution < -0.4 is 0 Å². The second kappa shape index (κ2) is 16.4. The van der Waals surface area contributed by atoms with E-state index in [1.165, 1.54) is 21.5 Å². The van der Waals surface area contributed by atoms with Gasteiger partial charge in [0.1, 0.15) is 11.2 Å². The molecule has 0 N–H and O–H groups in total. The molecule has 0 amide bonds. The minimum Gasteiger partial charge on any atom is -0.455 e. The Bertz CT molecular complexity index is 5160. The van der Waals surface area contributed by atoms with Gasteiger partial charge in [0, 0.05) is 71.3 Å². The molecule has 0 saturated heterocycles. The number of benzene rings is 12. The van der Waals surface area contributed by atoms with Crippen molar-refractivity contribution < 1.29 is 4.42 Å². The van der Waals surface area contributed by atoms with E-state index in [0.29, 0.717) is 17.5 Å². The second-order valence-electron chi connectivity index (χ2n) is 20.3. The van der Waals surface area contributed by atoms with Gasteiger partial charge in [-0.2, -0.15) is 0 Å². The number of rotatable bonds is 6. The molecular weight excluding hydrogens is 953 g/mol. The molecule has 5 heterocycles. The van der Waals surface area contributed by atoms with E-state index >= 15 is 0 Å². The van der Waals surface area contributed by atoms with Crippen LogP contribution in [0.4, 0.5) is 0 Å². The standard InChI is InChI=1S/C71H42N6O/c1-3-21-46(22-4-1)75-59-32-14-10-26-51(59)65-54(29-17-34-61(65)75)69-72-70(55-30-18-35-62-66(55)52-27-11-15-33-60(52)76(62)47-23-5-2-6-24-47)74-71(73-69)57-41-45-39-48(37-38-49(45)67-53-28-12-16-36-64(53)78-68(57)67)77-58-31-13-9-25-50(58)56-40-43-19-7-8-20-44(43)42-63(56)77/h1-42H. The first kappa shape index (κ1) is 42.7. The van der Waals surface area contributed by atoms with Crippen LogP contribution in [0.1, 0.15) is 0 Å². The van der Waals surface area contributed by atoms with E-state index in [4.69, 9.17) is 19.4 Å². The third kappa shape index (κ3) is 6.18. The maximum Gasteiger partial charge on any atom is 0.167 e. The molecule has 0 bridgehead atoms. The van der Waals surface area contributed by atoms with E-state index in [-0.39, 0.29) is 0 Å². The minimum absolute atomic E-state index is 0.516. The first-order chi connectivity index (χ1) is 38.7. The number of para-hydroxylation sites is 6. The Morgan fingerprint density at radius 3 is 1.35 bits per heavy atom. The van der Waals surface area contributed by atoms with Crippen LogP contribution in [0.15, 0.2) is 259 Å². The summed E-state index contributed by atoms with van der Waals surface area (Å²) in [5, 5.41) is 13.4. The summed E-state index contributed by atoms with van der Waals surface area (Å²) in [6.45, 7) is 0. The second-order valence-corrected chi connectivity index (χ2v) is 20.3. The molecule has 5 aromatic heterocycles. The van der Waals surface area contributed by atoms with Crippen molar-refractivity contribution >= 4 is 109 Å². The Morgan fingerprint density at radius 1 is 0.256 bits per heavy atom. The van der Waals surface area contributed by atoms with Gasteiger partial charge in [-0.1, -0.05) is 164 Å². The highest BCUT2D eigenvalue weighted by Gasteiger charge is 2.25. The monoisotopic (exact) mass is 994 g/mol. The van der Waals surface area contributed by atoms with E-state index in [9.17, 15) is 0 Å². The predicted octanol–water partition coefficient (Wildman–Crippen LogP) is 18.4. The lowest BCUT2D eigenvalue weighted by molar-refractivity contribution is 0.670. The molecule has 0 unspecified atom stereocenters. The van der Waals surface area contributed by atoms with Crippen LogP contribution in [0, 0.1) is 0 Å². The first-order valence-electron chi connectivity index (χ1n) is 26.4. The maximum absolute atomic E-state index is 7.04. The number of hydrogen-bond acceptors (Lipinski definition) is 4. The van der Waals surface area contributed by atoms with Gasteiger partial charge in [-0.3, -0.25) is 0 Å². The zero-order valence-electron chi connectivity index (χ0n) is 41.8. The number of aromatic nitrogens is 6. The van der Waals surface area contributed by atoms with Gasteiger partial charge < -0.3 is 18.1 Å². The molecular formula is C71H42N6O. The Hall–Kier alpha value is -10.6. The van der Waals surface area contributed by atoms with Gasteiger partial charge in [-0.05, 0) is 113 Å². The van der Waals surface area contributed by atoms with E-state index in [1.54, 1.807) is 0 Å². The molecule has 12 aromatic carbocycles. The summed E-state index contributed by atoms with van der Waals surface area (Å²) in [7, 11) is 0. The molecule has 78 heavy (non-hydrogen) atoms. The smallest absolute Gasteiger partial charge is 0.167 e. The highest BCUT2D eigenvalue weighted by Crippen LogP contribution is 2.45. The van der Waals surface area contributed by atoms with Crippen molar-refractivity contribution in [3.05, 3.63) is 255 Å². The van der Waals surface area contributed by atoms with Crippen LogP contribution in [0.3, 0.4) is 0 Å². The molecule has 7 nitrogen and oxygen atoms in total. The Morgan fingerprint density at radius 2 is 0.731 bits per heavy atom. The van der Waals surface area contributed by atoms with Crippen molar-refractivity contribution in [3.63, 3.8) is 0 Å². The van der Waals surface area contributed by atoms with Crippen LogP contribution in [0.25, 0.3) is 160 Å². The quantitative estimate of drug-likeness (QED) is 0.166. The van der Waals surface area contributed by atoms with Crippen LogP contribution in [0.2, 0.25) is 0 Å². The van der Waals surface area contributed by atoms with Crippen molar-refractivity contribution in [3.8, 4) is 51.2 Å². The van der Waals surface area contributed by atoms with Gasteiger partial charge >= 0.3 is 0 Å². The summed E-state index contributed by atoms with van der Waals surface area (Å²) in [6.07, 6.45) is 0. The third-order valence-corrected chi connectivity index (χ3v) is 16.0. The van der Waals surface area contributed by atoms with E-state index < -0.39 is 0 Å². The normalized spacial score (nSPS) is 12.1. The Labute approximate surface area is 445 Å². The lowest BCUT2D eigenvalue weighted by Gasteiger charge is -2.13. The van der Waals surface area contributed by atoms with Crippen LogP contribution in [-0.4, -0.2) is 28.7 Å².